The highest BCUT2D eigenvalue weighted by Crippen LogP contribution is 2.23. The molecule has 3 heteroatoms. The highest BCUT2D eigenvalue weighted by atomic mass is 16.5. The van der Waals surface area contributed by atoms with Crippen molar-refractivity contribution in [3.63, 3.8) is 0 Å². The van der Waals surface area contributed by atoms with Crippen molar-refractivity contribution in [3.8, 4) is 0 Å². The number of benzene rings is 2. The molecule has 0 aliphatic heterocycles. The molecule has 3 rings (SSSR count). The summed E-state index contributed by atoms with van der Waals surface area (Å²) in [5.41, 5.74) is 2.28. The molecule has 134 valence electrons. The second kappa shape index (κ2) is 9.18. The van der Waals surface area contributed by atoms with Crippen LogP contribution in [0, 0.1) is 0 Å². The minimum atomic E-state index is -0.250. The van der Waals surface area contributed by atoms with Gasteiger partial charge in [0.2, 0.25) is 0 Å². The molecule has 2 aromatic carbocycles. The molecule has 26 heavy (non-hydrogen) atoms. The van der Waals surface area contributed by atoms with Gasteiger partial charge in [0.1, 0.15) is 0 Å². The molecule has 1 heterocycles. The van der Waals surface area contributed by atoms with Gasteiger partial charge in [0.15, 0.2) is 6.23 Å². The maximum atomic E-state index is 6.28. The Hall–Kier alpha value is -2.62. The molecule has 0 N–H and O–H groups in total. The van der Waals surface area contributed by atoms with Crippen LogP contribution in [0.2, 0.25) is 0 Å². The number of aromatic nitrogens is 1. The van der Waals surface area contributed by atoms with Gasteiger partial charge >= 0.3 is 0 Å². The summed E-state index contributed by atoms with van der Waals surface area (Å²) in [6.07, 6.45) is 6.11. The van der Waals surface area contributed by atoms with Gasteiger partial charge in [-0.15, -0.1) is 6.58 Å². The molecule has 0 fully saturated rings. The Morgan fingerprint density at radius 1 is 0.962 bits per heavy atom. The van der Waals surface area contributed by atoms with Crippen LogP contribution in [0.3, 0.4) is 0 Å². The van der Waals surface area contributed by atoms with Gasteiger partial charge < -0.3 is 14.0 Å². The van der Waals surface area contributed by atoms with E-state index in [-0.39, 0.29) is 12.3 Å². The van der Waals surface area contributed by atoms with Crippen molar-refractivity contribution >= 4 is 10.9 Å². The first-order valence-electron chi connectivity index (χ1n) is 8.88. The summed E-state index contributed by atoms with van der Waals surface area (Å²) in [4.78, 5) is 0. The second-order valence-electron chi connectivity index (χ2n) is 6.19. The minimum absolute atomic E-state index is 0.0830. The summed E-state index contributed by atoms with van der Waals surface area (Å²) < 4.78 is 14.2. The van der Waals surface area contributed by atoms with Crippen LogP contribution in [0.25, 0.3) is 10.9 Å². The summed E-state index contributed by atoms with van der Waals surface area (Å²) >= 11 is 0. The van der Waals surface area contributed by atoms with Crippen LogP contribution < -0.4 is 0 Å². The Bertz CT molecular complexity index is 838. The number of rotatable bonds is 10. The highest BCUT2D eigenvalue weighted by Gasteiger charge is 2.16. The molecule has 3 nitrogen and oxygen atoms in total. The number of nitrogens with zero attached hydrogens (tertiary/aromatic N) is 1. The lowest BCUT2D eigenvalue weighted by Gasteiger charge is -2.24. The Balaban J connectivity index is 1.65. The number of ether oxygens (including phenoxy) is 2. The van der Waals surface area contributed by atoms with Crippen LogP contribution in [0.5, 0.6) is 0 Å². The van der Waals surface area contributed by atoms with E-state index < -0.39 is 0 Å². The molecule has 1 aromatic heterocycles. The quantitative estimate of drug-likeness (QED) is 0.452. The largest absolute Gasteiger partial charge is 0.374 e. The maximum Gasteiger partial charge on any atom is 0.153 e. The molecular formula is C23H25NO2. The Kier molecular flexibility index (Phi) is 6.42. The summed E-state index contributed by atoms with van der Waals surface area (Å²) in [5.74, 6) is 0. The zero-order chi connectivity index (χ0) is 18.2. The van der Waals surface area contributed by atoms with Gasteiger partial charge in [0, 0.05) is 6.20 Å². The number of hydrogen-bond acceptors (Lipinski definition) is 2. The molecule has 0 aliphatic carbocycles. The van der Waals surface area contributed by atoms with E-state index in [1.807, 2.05) is 48.7 Å². The van der Waals surface area contributed by atoms with E-state index in [0.717, 1.165) is 17.5 Å². The molecule has 3 aromatic rings. The third kappa shape index (κ3) is 4.51. The van der Waals surface area contributed by atoms with E-state index in [4.69, 9.17) is 9.47 Å². The minimum Gasteiger partial charge on any atom is -0.374 e. The fourth-order valence-corrected chi connectivity index (χ4v) is 2.99. The van der Waals surface area contributed by atoms with Crippen molar-refractivity contribution in [2.24, 2.45) is 0 Å². The zero-order valence-corrected chi connectivity index (χ0v) is 15.0. The standard InChI is InChI=1S/C23H25NO2/c1-3-10-21(18-25-17-19-11-6-5-7-12-19)26-23(4-2)24-16-15-20-13-8-9-14-22(20)24/h3-9,11-16,21,23H,1-2,10,17-18H2/t21-,23-/m0/s1. The number of fused-ring (bicyclic) bond motifs is 1. The van der Waals surface area contributed by atoms with Gasteiger partial charge in [-0.2, -0.15) is 0 Å². The topological polar surface area (TPSA) is 23.4 Å². The first-order chi connectivity index (χ1) is 12.8. The van der Waals surface area contributed by atoms with Crippen LogP contribution in [-0.4, -0.2) is 17.3 Å². The Morgan fingerprint density at radius 2 is 1.73 bits per heavy atom. The van der Waals surface area contributed by atoms with Gasteiger partial charge in [-0.25, -0.2) is 0 Å². The summed E-state index contributed by atoms with van der Waals surface area (Å²) in [7, 11) is 0. The lowest BCUT2D eigenvalue weighted by molar-refractivity contribution is -0.0666. The molecule has 0 amide bonds. The monoisotopic (exact) mass is 347 g/mol. The van der Waals surface area contributed by atoms with Crippen LogP contribution in [0.1, 0.15) is 18.2 Å². The van der Waals surface area contributed by atoms with Crippen molar-refractivity contribution in [1.82, 2.24) is 4.57 Å². The van der Waals surface area contributed by atoms with Gasteiger partial charge in [0.25, 0.3) is 0 Å². The van der Waals surface area contributed by atoms with Gasteiger partial charge in [-0.05, 0) is 35.6 Å². The first-order valence-corrected chi connectivity index (χ1v) is 8.88. The van der Waals surface area contributed by atoms with Gasteiger partial charge in [0.05, 0.1) is 24.8 Å². The second-order valence-corrected chi connectivity index (χ2v) is 6.19. The Morgan fingerprint density at radius 3 is 2.50 bits per heavy atom. The smallest absolute Gasteiger partial charge is 0.153 e. The normalized spacial score (nSPS) is 13.4. The lowest BCUT2D eigenvalue weighted by Crippen LogP contribution is -2.24. The van der Waals surface area contributed by atoms with Gasteiger partial charge in [-0.1, -0.05) is 61.2 Å². The third-order valence-electron chi connectivity index (χ3n) is 4.28. The van der Waals surface area contributed by atoms with Crippen molar-refractivity contribution in [1.29, 1.82) is 0 Å². The van der Waals surface area contributed by atoms with E-state index in [2.05, 4.69) is 48.1 Å². The number of para-hydroxylation sites is 1. The van der Waals surface area contributed by atoms with Gasteiger partial charge in [-0.3, -0.25) is 0 Å². The fourth-order valence-electron chi connectivity index (χ4n) is 2.99. The first kappa shape index (κ1) is 18.2. The zero-order valence-electron chi connectivity index (χ0n) is 15.0. The van der Waals surface area contributed by atoms with Crippen molar-refractivity contribution in [2.45, 2.75) is 25.4 Å². The molecule has 0 unspecified atom stereocenters. The molecule has 0 spiro atoms. The molecule has 2 atom stereocenters. The maximum absolute atomic E-state index is 6.28. The molecule has 0 saturated carbocycles. The van der Waals surface area contributed by atoms with Crippen LogP contribution >= 0.6 is 0 Å². The average molecular weight is 347 g/mol. The Labute approximate surface area is 155 Å². The predicted molar refractivity (Wildman–Crippen MR) is 107 cm³/mol. The molecule has 0 aliphatic rings. The SMILES string of the molecule is C=CC[C@@H](COCc1ccccc1)O[C@@H](C=C)n1ccc2ccccc21. The number of hydrogen-bond donors (Lipinski definition) is 0. The lowest BCUT2D eigenvalue weighted by atomic mass is 10.2. The van der Waals surface area contributed by atoms with Crippen LogP contribution in [0.4, 0.5) is 0 Å². The van der Waals surface area contributed by atoms with Crippen molar-refractivity contribution < 1.29 is 9.47 Å². The van der Waals surface area contributed by atoms with Crippen molar-refractivity contribution in [2.75, 3.05) is 6.61 Å². The molecule has 0 radical (unpaired) electrons. The van der Waals surface area contributed by atoms with Crippen LogP contribution in [0.15, 0.2) is 92.2 Å². The predicted octanol–water partition coefficient (Wildman–Crippen LogP) is 5.50. The van der Waals surface area contributed by atoms with E-state index in [1.54, 1.807) is 0 Å². The highest BCUT2D eigenvalue weighted by molar-refractivity contribution is 5.80. The average Bonchev–Trinajstić information content (AvgIpc) is 3.11. The molecule has 0 bridgehead atoms. The van der Waals surface area contributed by atoms with Crippen molar-refractivity contribution in [3.05, 3.63) is 97.7 Å². The van der Waals surface area contributed by atoms with E-state index in [0.29, 0.717) is 13.2 Å². The van der Waals surface area contributed by atoms with E-state index >= 15 is 0 Å². The summed E-state index contributed by atoms with van der Waals surface area (Å²) in [6.45, 7) is 8.87. The fraction of sp³-hybridized carbons (Fsp3) is 0.217. The summed E-state index contributed by atoms with van der Waals surface area (Å²) in [5, 5.41) is 1.18. The van der Waals surface area contributed by atoms with E-state index in [1.165, 1.54) is 5.39 Å². The summed E-state index contributed by atoms with van der Waals surface area (Å²) in [6, 6.07) is 20.5. The molecular weight excluding hydrogens is 322 g/mol. The van der Waals surface area contributed by atoms with Crippen LogP contribution in [-0.2, 0) is 16.1 Å². The molecule has 0 saturated heterocycles. The van der Waals surface area contributed by atoms with E-state index in [9.17, 15) is 0 Å². The third-order valence-corrected chi connectivity index (χ3v) is 4.28.